The first-order valence-corrected chi connectivity index (χ1v) is 6.89. The lowest BCUT2D eigenvalue weighted by Gasteiger charge is -2.14. The van der Waals surface area contributed by atoms with Gasteiger partial charge in [-0.1, -0.05) is 12.2 Å². The highest BCUT2D eigenvalue weighted by molar-refractivity contribution is 7.86. The number of hydrogen-bond acceptors (Lipinski definition) is 4. The van der Waals surface area contributed by atoms with Crippen LogP contribution in [0.5, 0.6) is 0 Å². The van der Waals surface area contributed by atoms with Gasteiger partial charge in [-0.15, -0.1) is 0 Å². The highest BCUT2D eigenvalue weighted by atomic mass is 32.2. The van der Waals surface area contributed by atoms with Crippen LogP contribution in [-0.2, 0) is 19.0 Å². The molecule has 0 saturated carbocycles. The quantitative estimate of drug-likeness (QED) is 0.526. The van der Waals surface area contributed by atoms with E-state index in [-0.39, 0.29) is 24.6 Å². The zero-order valence-electron chi connectivity index (χ0n) is 8.76. The molecule has 86 valence electrons. The van der Waals surface area contributed by atoms with Crippen LogP contribution < -0.4 is 0 Å². The minimum Gasteiger partial charge on any atom is -0.367 e. The molecule has 15 heavy (non-hydrogen) atoms. The third kappa shape index (κ3) is 2.59. The Balaban J connectivity index is 1.74. The summed E-state index contributed by atoms with van der Waals surface area (Å²) in [6, 6.07) is 0. The van der Waals surface area contributed by atoms with E-state index in [9.17, 15) is 8.42 Å². The predicted molar refractivity (Wildman–Crippen MR) is 55.9 cm³/mol. The Labute approximate surface area is 90.4 Å². The summed E-state index contributed by atoms with van der Waals surface area (Å²) in [6.07, 6.45) is 6.32. The molecule has 0 aromatic heterocycles. The van der Waals surface area contributed by atoms with E-state index in [4.69, 9.17) is 8.92 Å². The molecular formula is C10H16O4S. The van der Waals surface area contributed by atoms with Gasteiger partial charge in [0.05, 0.1) is 24.6 Å². The SMILES string of the molecule is CCS(=O)(=O)OCCC1CC2C=CC1O2. The second-order valence-electron chi connectivity index (χ2n) is 3.98. The van der Waals surface area contributed by atoms with Crippen molar-refractivity contribution in [2.75, 3.05) is 12.4 Å². The average Bonchev–Trinajstić information content (AvgIpc) is 2.79. The number of rotatable bonds is 5. The van der Waals surface area contributed by atoms with Crippen molar-refractivity contribution in [3.8, 4) is 0 Å². The molecule has 4 nitrogen and oxygen atoms in total. The first-order chi connectivity index (χ1) is 7.11. The van der Waals surface area contributed by atoms with Crippen molar-refractivity contribution in [2.45, 2.75) is 32.0 Å². The summed E-state index contributed by atoms with van der Waals surface area (Å²) in [7, 11) is -3.28. The van der Waals surface area contributed by atoms with Crippen molar-refractivity contribution in [1.29, 1.82) is 0 Å². The van der Waals surface area contributed by atoms with Crippen LogP contribution in [0, 0.1) is 5.92 Å². The van der Waals surface area contributed by atoms with Crippen LogP contribution in [0.3, 0.4) is 0 Å². The Hall–Kier alpha value is -0.390. The van der Waals surface area contributed by atoms with Gasteiger partial charge in [0.2, 0.25) is 0 Å². The van der Waals surface area contributed by atoms with E-state index in [0.29, 0.717) is 5.92 Å². The molecule has 0 N–H and O–H groups in total. The Kier molecular flexibility index (Phi) is 3.13. The Morgan fingerprint density at radius 3 is 2.80 bits per heavy atom. The minimum atomic E-state index is -3.28. The molecule has 2 rings (SSSR count). The van der Waals surface area contributed by atoms with Crippen LogP contribution in [-0.4, -0.2) is 33.0 Å². The maximum Gasteiger partial charge on any atom is 0.267 e. The molecule has 0 radical (unpaired) electrons. The average molecular weight is 232 g/mol. The van der Waals surface area contributed by atoms with Gasteiger partial charge >= 0.3 is 0 Å². The van der Waals surface area contributed by atoms with Crippen LogP contribution in [0.1, 0.15) is 19.8 Å². The fourth-order valence-electron chi connectivity index (χ4n) is 2.05. The molecule has 0 amide bonds. The molecule has 1 fully saturated rings. The molecule has 2 bridgehead atoms. The Morgan fingerprint density at radius 1 is 1.47 bits per heavy atom. The fourth-order valence-corrected chi connectivity index (χ4v) is 2.57. The summed E-state index contributed by atoms with van der Waals surface area (Å²) in [5.41, 5.74) is 0. The topological polar surface area (TPSA) is 52.6 Å². The predicted octanol–water partition coefficient (Wildman–Crippen LogP) is 1.09. The van der Waals surface area contributed by atoms with Gasteiger partial charge in [0.1, 0.15) is 0 Å². The van der Waals surface area contributed by atoms with E-state index in [1.807, 2.05) is 0 Å². The Bertz CT molecular complexity index is 346. The molecule has 1 saturated heterocycles. The van der Waals surface area contributed by atoms with Crippen molar-refractivity contribution in [3.63, 3.8) is 0 Å². The monoisotopic (exact) mass is 232 g/mol. The van der Waals surface area contributed by atoms with Gasteiger partial charge in [-0.3, -0.25) is 4.18 Å². The van der Waals surface area contributed by atoms with Gasteiger partial charge in [-0.2, -0.15) is 8.42 Å². The smallest absolute Gasteiger partial charge is 0.267 e. The summed E-state index contributed by atoms with van der Waals surface area (Å²) in [5, 5.41) is 0. The lowest BCUT2D eigenvalue weighted by atomic mass is 9.92. The van der Waals surface area contributed by atoms with Gasteiger partial charge in [0.25, 0.3) is 10.1 Å². The van der Waals surface area contributed by atoms with Crippen LogP contribution in [0.15, 0.2) is 12.2 Å². The fraction of sp³-hybridized carbons (Fsp3) is 0.800. The third-order valence-corrected chi connectivity index (χ3v) is 4.19. The molecule has 3 unspecified atom stereocenters. The number of hydrogen-bond donors (Lipinski definition) is 0. The van der Waals surface area contributed by atoms with Gasteiger partial charge in [0.15, 0.2) is 0 Å². The zero-order chi connectivity index (χ0) is 10.9. The first-order valence-electron chi connectivity index (χ1n) is 5.31. The molecule has 2 aliphatic heterocycles. The second kappa shape index (κ2) is 4.23. The van der Waals surface area contributed by atoms with E-state index in [2.05, 4.69) is 12.2 Å². The summed E-state index contributed by atoms with van der Waals surface area (Å²) >= 11 is 0. The van der Waals surface area contributed by atoms with Crippen LogP contribution in [0.4, 0.5) is 0 Å². The van der Waals surface area contributed by atoms with Crippen molar-refractivity contribution < 1.29 is 17.3 Å². The summed E-state index contributed by atoms with van der Waals surface area (Å²) in [5.74, 6) is 0.465. The van der Waals surface area contributed by atoms with Gasteiger partial charge in [0, 0.05) is 0 Å². The van der Waals surface area contributed by atoms with Gasteiger partial charge in [-0.05, 0) is 25.7 Å². The van der Waals surface area contributed by atoms with E-state index >= 15 is 0 Å². The van der Waals surface area contributed by atoms with Crippen molar-refractivity contribution >= 4 is 10.1 Å². The minimum absolute atomic E-state index is 0.0418. The maximum atomic E-state index is 11.1. The van der Waals surface area contributed by atoms with Gasteiger partial charge in [-0.25, -0.2) is 0 Å². The highest BCUT2D eigenvalue weighted by Gasteiger charge is 2.36. The molecular weight excluding hydrogens is 216 g/mol. The molecule has 5 heteroatoms. The van der Waals surface area contributed by atoms with E-state index in [1.165, 1.54) is 0 Å². The molecule has 0 aliphatic carbocycles. The van der Waals surface area contributed by atoms with Crippen LogP contribution in [0.25, 0.3) is 0 Å². The third-order valence-electron chi connectivity index (χ3n) is 2.95. The van der Waals surface area contributed by atoms with Gasteiger partial charge < -0.3 is 4.74 Å². The second-order valence-corrected chi connectivity index (χ2v) is 5.91. The molecule has 2 aliphatic rings. The largest absolute Gasteiger partial charge is 0.367 e. The number of ether oxygens (including phenoxy) is 1. The van der Waals surface area contributed by atoms with E-state index in [0.717, 1.165) is 12.8 Å². The summed E-state index contributed by atoms with van der Waals surface area (Å²) in [6.45, 7) is 1.86. The molecule has 0 aromatic carbocycles. The molecule has 2 heterocycles. The zero-order valence-corrected chi connectivity index (χ0v) is 9.57. The summed E-state index contributed by atoms with van der Waals surface area (Å²) < 4.78 is 32.5. The van der Waals surface area contributed by atoms with E-state index < -0.39 is 10.1 Å². The normalized spacial score (nSPS) is 33.8. The van der Waals surface area contributed by atoms with E-state index in [1.54, 1.807) is 6.92 Å². The lowest BCUT2D eigenvalue weighted by molar-refractivity contribution is 0.104. The molecule has 0 spiro atoms. The highest BCUT2D eigenvalue weighted by Crippen LogP contribution is 2.35. The molecule has 3 atom stereocenters. The summed E-state index contributed by atoms with van der Waals surface area (Å²) in [4.78, 5) is 0. The standard InChI is InChI=1S/C10H16O4S/c1-2-15(11,12)13-6-5-8-7-9-3-4-10(8)14-9/h3-4,8-10H,2,5-7H2,1H3. The first kappa shape index (κ1) is 11.1. The van der Waals surface area contributed by atoms with Crippen molar-refractivity contribution in [3.05, 3.63) is 12.2 Å². The van der Waals surface area contributed by atoms with Crippen LogP contribution >= 0.6 is 0 Å². The lowest BCUT2D eigenvalue weighted by Crippen LogP contribution is -2.17. The van der Waals surface area contributed by atoms with Crippen molar-refractivity contribution in [1.82, 2.24) is 0 Å². The van der Waals surface area contributed by atoms with Crippen molar-refractivity contribution in [2.24, 2.45) is 5.92 Å². The maximum absolute atomic E-state index is 11.1. The van der Waals surface area contributed by atoms with Crippen LogP contribution in [0.2, 0.25) is 0 Å². The number of fused-ring (bicyclic) bond motifs is 2. The Morgan fingerprint density at radius 2 is 2.27 bits per heavy atom. The molecule has 0 aromatic rings.